The molecule has 126 valence electrons. The Morgan fingerprint density at radius 3 is 2.35 bits per heavy atom. The Labute approximate surface area is 137 Å². The maximum atomic E-state index is 12.8. The van der Waals surface area contributed by atoms with Gasteiger partial charge in [-0.1, -0.05) is 19.3 Å². The van der Waals surface area contributed by atoms with E-state index in [1.54, 1.807) is 12.1 Å². The summed E-state index contributed by atoms with van der Waals surface area (Å²) in [6.45, 7) is 3.51. The molecule has 1 aromatic rings. The molecule has 1 amide bonds. The van der Waals surface area contributed by atoms with E-state index < -0.39 is 0 Å². The quantitative estimate of drug-likeness (QED) is 0.855. The Hall–Kier alpha value is -1.62. The first-order valence-corrected chi connectivity index (χ1v) is 8.62. The molecule has 1 aliphatic carbocycles. The average Bonchev–Trinajstić information content (AvgIpc) is 2.62. The highest BCUT2D eigenvalue weighted by molar-refractivity contribution is 5.77. The molecular formula is C18H25FN2O2. The molecule has 4 nitrogen and oxygen atoms in total. The molecule has 1 aliphatic heterocycles. The molecule has 1 saturated carbocycles. The lowest BCUT2D eigenvalue weighted by molar-refractivity contribution is -0.135. The lowest BCUT2D eigenvalue weighted by Gasteiger charge is -2.40. The van der Waals surface area contributed by atoms with Crippen molar-refractivity contribution >= 4 is 5.91 Å². The van der Waals surface area contributed by atoms with Crippen LogP contribution in [-0.2, 0) is 4.79 Å². The monoisotopic (exact) mass is 320 g/mol. The number of hydrogen-bond donors (Lipinski definition) is 0. The van der Waals surface area contributed by atoms with E-state index in [0.29, 0.717) is 5.75 Å². The van der Waals surface area contributed by atoms with E-state index in [0.717, 1.165) is 32.2 Å². The van der Waals surface area contributed by atoms with Crippen molar-refractivity contribution in [2.24, 2.45) is 0 Å². The fourth-order valence-corrected chi connectivity index (χ4v) is 3.55. The molecule has 0 atom stereocenters. The number of hydrogen-bond acceptors (Lipinski definition) is 3. The fourth-order valence-electron chi connectivity index (χ4n) is 3.55. The number of ether oxygens (including phenoxy) is 1. The SMILES string of the molecule is O=C(COc1ccc(F)cc1)N1CCN(C2CCCCC2)CC1. The van der Waals surface area contributed by atoms with Crippen LogP contribution in [0.3, 0.4) is 0 Å². The van der Waals surface area contributed by atoms with Gasteiger partial charge in [0.05, 0.1) is 0 Å². The van der Waals surface area contributed by atoms with Gasteiger partial charge in [-0.2, -0.15) is 0 Å². The van der Waals surface area contributed by atoms with Gasteiger partial charge in [0.15, 0.2) is 6.61 Å². The van der Waals surface area contributed by atoms with Crippen LogP contribution in [0.1, 0.15) is 32.1 Å². The summed E-state index contributed by atoms with van der Waals surface area (Å²) in [6, 6.07) is 6.48. The minimum absolute atomic E-state index is 0.0117. The topological polar surface area (TPSA) is 32.8 Å². The third-order valence-electron chi connectivity index (χ3n) is 4.93. The molecule has 0 aromatic heterocycles. The minimum Gasteiger partial charge on any atom is -0.484 e. The van der Waals surface area contributed by atoms with Gasteiger partial charge in [-0.25, -0.2) is 4.39 Å². The normalized spacial score (nSPS) is 20.5. The van der Waals surface area contributed by atoms with E-state index >= 15 is 0 Å². The second-order valence-electron chi connectivity index (χ2n) is 6.45. The largest absolute Gasteiger partial charge is 0.484 e. The maximum Gasteiger partial charge on any atom is 0.260 e. The number of carbonyl (C=O) groups is 1. The van der Waals surface area contributed by atoms with Crippen LogP contribution in [0.4, 0.5) is 4.39 Å². The lowest BCUT2D eigenvalue weighted by atomic mass is 9.94. The maximum absolute atomic E-state index is 12.8. The van der Waals surface area contributed by atoms with E-state index in [-0.39, 0.29) is 18.3 Å². The van der Waals surface area contributed by atoms with Crippen molar-refractivity contribution < 1.29 is 13.9 Å². The van der Waals surface area contributed by atoms with Crippen LogP contribution in [-0.4, -0.2) is 54.5 Å². The van der Waals surface area contributed by atoms with E-state index in [9.17, 15) is 9.18 Å². The van der Waals surface area contributed by atoms with Crippen LogP contribution in [0.15, 0.2) is 24.3 Å². The first-order chi connectivity index (χ1) is 11.2. The summed E-state index contributed by atoms with van der Waals surface area (Å²) in [7, 11) is 0. The van der Waals surface area contributed by atoms with Gasteiger partial charge in [0, 0.05) is 32.2 Å². The molecule has 0 radical (unpaired) electrons. The molecule has 23 heavy (non-hydrogen) atoms. The van der Waals surface area contributed by atoms with Gasteiger partial charge in [-0.15, -0.1) is 0 Å². The molecule has 1 heterocycles. The summed E-state index contributed by atoms with van der Waals surface area (Å²) in [5.41, 5.74) is 0. The van der Waals surface area contributed by atoms with E-state index in [2.05, 4.69) is 4.90 Å². The summed E-state index contributed by atoms with van der Waals surface area (Å²) >= 11 is 0. The standard InChI is InChI=1S/C18H25FN2O2/c19-15-6-8-17(9-7-15)23-14-18(22)21-12-10-20(11-13-21)16-4-2-1-3-5-16/h6-9,16H,1-5,10-14H2. The highest BCUT2D eigenvalue weighted by Gasteiger charge is 2.27. The summed E-state index contributed by atoms with van der Waals surface area (Å²) in [4.78, 5) is 16.7. The minimum atomic E-state index is -0.303. The Morgan fingerprint density at radius 1 is 1.04 bits per heavy atom. The van der Waals surface area contributed by atoms with Gasteiger partial charge in [0.1, 0.15) is 11.6 Å². The van der Waals surface area contributed by atoms with Crippen molar-refractivity contribution in [3.05, 3.63) is 30.1 Å². The summed E-state index contributed by atoms with van der Waals surface area (Å²) in [5.74, 6) is 0.237. The van der Waals surface area contributed by atoms with Crippen molar-refractivity contribution in [1.82, 2.24) is 9.80 Å². The zero-order chi connectivity index (χ0) is 16.1. The van der Waals surface area contributed by atoms with Crippen LogP contribution >= 0.6 is 0 Å². The summed E-state index contributed by atoms with van der Waals surface area (Å²) in [6.07, 6.45) is 6.67. The van der Waals surface area contributed by atoms with Gasteiger partial charge >= 0.3 is 0 Å². The molecule has 2 fully saturated rings. The number of amides is 1. The summed E-state index contributed by atoms with van der Waals surface area (Å²) in [5, 5.41) is 0. The molecule has 0 unspecified atom stereocenters. The number of piperazine rings is 1. The van der Waals surface area contributed by atoms with Crippen LogP contribution in [0.25, 0.3) is 0 Å². The Bertz CT molecular complexity index is 506. The van der Waals surface area contributed by atoms with E-state index in [1.165, 1.54) is 44.2 Å². The van der Waals surface area contributed by atoms with Crippen LogP contribution < -0.4 is 4.74 Å². The molecule has 2 aliphatic rings. The third-order valence-corrected chi connectivity index (χ3v) is 4.93. The van der Waals surface area contributed by atoms with Crippen molar-refractivity contribution in [3.63, 3.8) is 0 Å². The second-order valence-corrected chi connectivity index (χ2v) is 6.45. The number of rotatable bonds is 4. The molecule has 0 bridgehead atoms. The lowest BCUT2D eigenvalue weighted by Crippen LogP contribution is -2.53. The Kier molecular flexibility index (Phi) is 5.49. The van der Waals surface area contributed by atoms with Gasteiger partial charge in [-0.05, 0) is 37.1 Å². The number of carbonyl (C=O) groups excluding carboxylic acids is 1. The van der Waals surface area contributed by atoms with Crippen LogP contribution in [0.2, 0.25) is 0 Å². The fraction of sp³-hybridized carbons (Fsp3) is 0.611. The predicted octanol–water partition coefficient (Wildman–Crippen LogP) is 2.68. The zero-order valence-electron chi connectivity index (χ0n) is 13.5. The second kappa shape index (κ2) is 7.77. The highest BCUT2D eigenvalue weighted by atomic mass is 19.1. The van der Waals surface area contributed by atoms with Crippen molar-refractivity contribution in [2.45, 2.75) is 38.1 Å². The van der Waals surface area contributed by atoms with Gasteiger partial charge in [0.25, 0.3) is 5.91 Å². The van der Waals surface area contributed by atoms with Gasteiger partial charge in [0.2, 0.25) is 0 Å². The molecule has 0 spiro atoms. The van der Waals surface area contributed by atoms with Gasteiger partial charge in [-0.3, -0.25) is 9.69 Å². The average molecular weight is 320 g/mol. The number of halogens is 1. The van der Waals surface area contributed by atoms with E-state index in [4.69, 9.17) is 4.74 Å². The number of nitrogens with zero attached hydrogens (tertiary/aromatic N) is 2. The molecule has 1 saturated heterocycles. The first kappa shape index (κ1) is 16.2. The Morgan fingerprint density at radius 2 is 1.70 bits per heavy atom. The predicted molar refractivity (Wildman–Crippen MR) is 86.9 cm³/mol. The smallest absolute Gasteiger partial charge is 0.260 e. The third kappa shape index (κ3) is 4.44. The highest BCUT2D eigenvalue weighted by Crippen LogP contribution is 2.23. The van der Waals surface area contributed by atoms with Gasteiger partial charge < -0.3 is 9.64 Å². The first-order valence-electron chi connectivity index (χ1n) is 8.62. The van der Waals surface area contributed by atoms with Crippen LogP contribution in [0, 0.1) is 5.82 Å². The van der Waals surface area contributed by atoms with Crippen molar-refractivity contribution in [1.29, 1.82) is 0 Å². The molecule has 3 rings (SSSR count). The van der Waals surface area contributed by atoms with Crippen molar-refractivity contribution in [2.75, 3.05) is 32.8 Å². The molecule has 5 heteroatoms. The molecule has 0 N–H and O–H groups in total. The summed E-state index contributed by atoms with van der Waals surface area (Å²) < 4.78 is 18.3. The molecular weight excluding hydrogens is 295 g/mol. The molecule has 1 aromatic carbocycles. The van der Waals surface area contributed by atoms with Crippen LogP contribution in [0.5, 0.6) is 5.75 Å². The van der Waals surface area contributed by atoms with Crippen molar-refractivity contribution in [3.8, 4) is 5.75 Å². The Balaban J connectivity index is 1.41. The van der Waals surface area contributed by atoms with E-state index in [1.807, 2.05) is 4.90 Å². The zero-order valence-corrected chi connectivity index (χ0v) is 13.5. The number of benzene rings is 1.